The van der Waals surface area contributed by atoms with Crippen LogP contribution < -0.4 is 10.6 Å². The van der Waals surface area contributed by atoms with Gasteiger partial charge in [0, 0.05) is 12.5 Å². The fourth-order valence-corrected chi connectivity index (χ4v) is 3.95. The molecule has 4 amide bonds. The van der Waals surface area contributed by atoms with E-state index in [2.05, 4.69) is 10.6 Å². The first-order chi connectivity index (χ1) is 12.1. The van der Waals surface area contributed by atoms with Crippen molar-refractivity contribution < 1.29 is 19.2 Å². The van der Waals surface area contributed by atoms with Crippen LogP contribution in [0.5, 0.6) is 0 Å². The minimum Gasteiger partial charge on any atom is -0.310 e. The Balaban J connectivity index is 1.70. The molecule has 7 nitrogen and oxygen atoms in total. The number of rotatable bonds is 2. The summed E-state index contributed by atoms with van der Waals surface area (Å²) in [6, 6.07) is 4.41. The van der Waals surface area contributed by atoms with Gasteiger partial charge in [-0.05, 0) is 37.4 Å². The van der Waals surface area contributed by atoms with Gasteiger partial charge >= 0.3 is 0 Å². The van der Waals surface area contributed by atoms with Gasteiger partial charge in [0.2, 0.25) is 11.8 Å². The molecule has 2 atom stereocenters. The van der Waals surface area contributed by atoms with Crippen LogP contribution in [0.25, 0.3) is 0 Å². The first-order valence-electron chi connectivity index (χ1n) is 8.66. The lowest BCUT2D eigenvalue weighted by Gasteiger charge is -2.28. The third-order valence-corrected chi connectivity index (χ3v) is 5.19. The lowest BCUT2D eigenvalue weighted by molar-refractivity contribution is -0.136. The molecule has 2 fully saturated rings. The summed E-state index contributed by atoms with van der Waals surface area (Å²) in [6.07, 6.45) is 3.38. The van der Waals surface area contributed by atoms with E-state index in [-0.39, 0.29) is 24.8 Å². The highest BCUT2D eigenvalue weighted by Crippen LogP contribution is 2.34. The van der Waals surface area contributed by atoms with Gasteiger partial charge in [-0.25, -0.2) is 0 Å². The van der Waals surface area contributed by atoms with Crippen molar-refractivity contribution in [2.24, 2.45) is 0 Å². The molecule has 3 aliphatic rings. The van der Waals surface area contributed by atoms with Gasteiger partial charge < -0.3 is 5.32 Å². The topological polar surface area (TPSA) is 95.6 Å². The molecule has 1 aromatic carbocycles. The Kier molecular flexibility index (Phi) is 3.88. The Morgan fingerprint density at radius 3 is 2.56 bits per heavy atom. The molecule has 130 valence electrons. The first-order valence-corrected chi connectivity index (χ1v) is 8.66. The first kappa shape index (κ1) is 16.0. The van der Waals surface area contributed by atoms with Gasteiger partial charge in [0.25, 0.3) is 11.8 Å². The zero-order valence-corrected chi connectivity index (χ0v) is 13.7. The maximum absolute atomic E-state index is 13.0. The van der Waals surface area contributed by atoms with Gasteiger partial charge in [-0.2, -0.15) is 0 Å². The van der Waals surface area contributed by atoms with Crippen molar-refractivity contribution in [1.29, 1.82) is 0 Å². The molecule has 0 aromatic heterocycles. The van der Waals surface area contributed by atoms with E-state index in [4.69, 9.17) is 0 Å². The number of amides is 4. The van der Waals surface area contributed by atoms with Crippen molar-refractivity contribution in [3.63, 3.8) is 0 Å². The van der Waals surface area contributed by atoms with Crippen LogP contribution in [-0.2, 0) is 9.59 Å². The van der Waals surface area contributed by atoms with E-state index in [1.807, 2.05) is 6.07 Å². The zero-order chi connectivity index (χ0) is 17.6. The lowest BCUT2D eigenvalue weighted by Crippen LogP contribution is -2.54. The average Bonchev–Trinajstić information content (AvgIpc) is 2.87. The summed E-state index contributed by atoms with van der Waals surface area (Å²) in [5.41, 5.74) is 1.57. The molecule has 7 heteroatoms. The van der Waals surface area contributed by atoms with Gasteiger partial charge in [0.1, 0.15) is 6.04 Å². The maximum Gasteiger partial charge on any atom is 0.262 e. The summed E-state index contributed by atoms with van der Waals surface area (Å²) in [5, 5.41) is 5.62. The number of nitrogens with one attached hydrogen (secondary N) is 2. The molecule has 0 spiro atoms. The quantitative estimate of drug-likeness (QED) is 0.780. The van der Waals surface area contributed by atoms with Gasteiger partial charge in [-0.3, -0.25) is 29.4 Å². The highest BCUT2D eigenvalue weighted by Gasteiger charge is 2.46. The van der Waals surface area contributed by atoms with Gasteiger partial charge in [0.05, 0.1) is 11.1 Å². The second kappa shape index (κ2) is 6.07. The standard InChI is InChI=1S/C18H19N3O4/c22-14-8-7-13(16(23)20-14)21-17(24)11-5-3-4-10(15(11)18(21)25)12-6-1-2-9-19-12/h3-5,12-13,19H,1-2,6-9H2,(H,20,22,23). The van der Waals surface area contributed by atoms with Crippen molar-refractivity contribution in [2.45, 2.75) is 44.2 Å². The molecule has 1 aromatic rings. The van der Waals surface area contributed by atoms with E-state index in [1.54, 1.807) is 12.1 Å². The van der Waals surface area contributed by atoms with Gasteiger partial charge in [0.15, 0.2) is 0 Å². The Labute approximate surface area is 144 Å². The predicted molar refractivity (Wildman–Crippen MR) is 87.7 cm³/mol. The van der Waals surface area contributed by atoms with E-state index in [1.165, 1.54) is 0 Å². The summed E-state index contributed by atoms with van der Waals surface area (Å²) in [6.45, 7) is 0.882. The smallest absolute Gasteiger partial charge is 0.262 e. The summed E-state index contributed by atoms with van der Waals surface area (Å²) in [5.74, 6) is -1.84. The number of carbonyl (C=O) groups excluding carboxylic acids is 4. The summed E-state index contributed by atoms with van der Waals surface area (Å²) < 4.78 is 0. The molecule has 0 radical (unpaired) electrons. The monoisotopic (exact) mass is 341 g/mol. The van der Waals surface area contributed by atoms with Crippen LogP contribution in [0.3, 0.4) is 0 Å². The number of hydrogen-bond acceptors (Lipinski definition) is 5. The van der Waals surface area contributed by atoms with Crippen LogP contribution in [0.2, 0.25) is 0 Å². The minimum absolute atomic E-state index is 0.0437. The molecule has 2 saturated heterocycles. The number of hydrogen-bond donors (Lipinski definition) is 2. The zero-order valence-electron chi connectivity index (χ0n) is 13.7. The molecule has 3 heterocycles. The summed E-state index contributed by atoms with van der Waals surface area (Å²) >= 11 is 0. The van der Waals surface area contributed by atoms with E-state index in [9.17, 15) is 19.2 Å². The van der Waals surface area contributed by atoms with Crippen LogP contribution in [0.15, 0.2) is 18.2 Å². The molecular weight excluding hydrogens is 322 g/mol. The Morgan fingerprint density at radius 1 is 1.00 bits per heavy atom. The third kappa shape index (κ3) is 2.55. The van der Waals surface area contributed by atoms with Crippen molar-refractivity contribution in [3.05, 3.63) is 34.9 Å². The maximum atomic E-state index is 13.0. The van der Waals surface area contributed by atoms with Crippen molar-refractivity contribution in [1.82, 2.24) is 15.5 Å². The lowest BCUT2D eigenvalue weighted by atomic mass is 9.92. The number of benzene rings is 1. The largest absolute Gasteiger partial charge is 0.310 e. The molecule has 0 saturated carbocycles. The summed E-state index contributed by atoms with van der Waals surface area (Å²) in [7, 11) is 0. The van der Waals surface area contributed by atoms with Crippen LogP contribution in [-0.4, -0.2) is 41.1 Å². The molecule has 0 aliphatic carbocycles. The molecule has 0 bridgehead atoms. The van der Waals surface area contributed by atoms with Crippen LogP contribution in [0, 0.1) is 0 Å². The van der Waals surface area contributed by atoms with E-state index < -0.39 is 23.8 Å². The Hall–Kier alpha value is -2.54. The van der Waals surface area contributed by atoms with Crippen LogP contribution >= 0.6 is 0 Å². The van der Waals surface area contributed by atoms with Crippen molar-refractivity contribution in [2.75, 3.05) is 6.54 Å². The van der Waals surface area contributed by atoms with E-state index in [0.717, 1.165) is 36.3 Å². The number of fused-ring (bicyclic) bond motifs is 1. The minimum atomic E-state index is -0.919. The second-order valence-corrected chi connectivity index (χ2v) is 6.72. The summed E-state index contributed by atoms with van der Waals surface area (Å²) in [4.78, 5) is 50.3. The normalized spacial score (nSPS) is 26.6. The predicted octanol–water partition coefficient (Wildman–Crippen LogP) is 0.902. The number of nitrogens with zero attached hydrogens (tertiary/aromatic N) is 1. The number of imide groups is 2. The average molecular weight is 341 g/mol. The SMILES string of the molecule is O=C1CCC(N2C(=O)c3cccc(C4CCCCN4)c3C2=O)C(=O)N1. The van der Waals surface area contributed by atoms with Gasteiger partial charge in [-0.15, -0.1) is 0 Å². The van der Waals surface area contributed by atoms with Crippen molar-refractivity contribution >= 4 is 23.6 Å². The number of piperidine rings is 2. The highest BCUT2D eigenvalue weighted by molar-refractivity contribution is 6.24. The van der Waals surface area contributed by atoms with Crippen molar-refractivity contribution in [3.8, 4) is 0 Å². The van der Waals surface area contributed by atoms with E-state index >= 15 is 0 Å². The van der Waals surface area contributed by atoms with E-state index in [0.29, 0.717) is 11.1 Å². The molecular formula is C18H19N3O4. The molecule has 2 N–H and O–H groups in total. The molecule has 4 rings (SSSR count). The fraction of sp³-hybridized carbons (Fsp3) is 0.444. The number of carbonyl (C=O) groups is 4. The highest BCUT2D eigenvalue weighted by atomic mass is 16.2. The molecule has 3 aliphatic heterocycles. The third-order valence-electron chi connectivity index (χ3n) is 5.19. The Morgan fingerprint density at radius 2 is 1.84 bits per heavy atom. The second-order valence-electron chi connectivity index (χ2n) is 6.72. The Bertz CT molecular complexity index is 783. The molecule has 2 unspecified atom stereocenters. The van der Waals surface area contributed by atoms with Crippen LogP contribution in [0.4, 0.5) is 0 Å². The molecule has 25 heavy (non-hydrogen) atoms. The van der Waals surface area contributed by atoms with Gasteiger partial charge in [-0.1, -0.05) is 18.6 Å². The van der Waals surface area contributed by atoms with Crippen LogP contribution in [0.1, 0.15) is 64.4 Å². The fourth-order valence-electron chi connectivity index (χ4n) is 3.95.